The fraction of sp³-hybridized carbons (Fsp3) is 0.278. The lowest BCUT2D eigenvalue weighted by atomic mass is 10.2. The molecule has 1 aromatic carbocycles. The number of carbonyl (C=O) groups is 1. The molecule has 2 aromatic heterocycles. The van der Waals surface area contributed by atoms with Crippen LogP contribution in [-0.2, 0) is 26.8 Å². The second-order valence-electron chi connectivity index (χ2n) is 6.16. The van der Waals surface area contributed by atoms with Crippen LogP contribution in [0.2, 0.25) is 0 Å². The first-order valence-electron chi connectivity index (χ1n) is 8.26. The van der Waals surface area contributed by atoms with Gasteiger partial charge in [-0.3, -0.25) is 4.79 Å². The van der Waals surface area contributed by atoms with Crippen LogP contribution in [0.15, 0.2) is 46.3 Å². The van der Waals surface area contributed by atoms with Gasteiger partial charge < -0.3 is 9.84 Å². The highest BCUT2D eigenvalue weighted by molar-refractivity contribution is 7.92. The number of rotatable bonds is 7. The van der Waals surface area contributed by atoms with Crippen molar-refractivity contribution in [3.63, 3.8) is 0 Å². The minimum Gasteiger partial charge on any atom is -0.360 e. The van der Waals surface area contributed by atoms with Gasteiger partial charge in [-0.15, -0.1) is 11.3 Å². The van der Waals surface area contributed by atoms with Gasteiger partial charge in [-0.05, 0) is 19.4 Å². The van der Waals surface area contributed by atoms with Gasteiger partial charge in [0.1, 0.15) is 11.0 Å². The number of amides is 1. The molecule has 7 nitrogen and oxygen atoms in total. The Labute approximate surface area is 161 Å². The van der Waals surface area contributed by atoms with Gasteiger partial charge in [0.05, 0.1) is 16.5 Å². The van der Waals surface area contributed by atoms with Crippen LogP contribution in [0.1, 0.15) is 28.9 Å². The van der Waals surface area contributed by atoms with E-state index in [1.165, 1.54) is 24.3 Å². The molecule has 2 heterocycles. The molecule has 0 saturated heterocycles. The molecule has 9 heteroatoms. The van der Waals surface area contributed by atoms with Gasteiger partial charge in [-0.2, -0.15) is 0 Å². The predicted octanol–water partition coefficient (Wildman–Crippen LogP) is 2.97. The molecule has 142 valence electrons. The summed E-state index contributed by atoms with van der Waals surface area (Å²) < 4.78 is 30.0. The molecule has 0 aliphatic rings. The number of nitrogens with one attached hydrogen (secondary N) is 1. The highest BCUT2D eigenvalue weighted by Gasteiger charge is 2.29. The zero-order valence-electron chi connectivity index (χ0n) is 14.9. The maximum atomic E-state index is 12.6. The maximum Gasteiger partial charge on any atom is 0.243 e. The number of anilines is 1. The number of nitrogens with zero attached hydrogens (tertiary/aromatic N) is 2. The normalized spacial score (nSPS) is 12.7. The highest BCUT2D eigenvalue weighted by Crippen LogP contribution is 2.19. The van der Waals surface area contributed by atoms with Crippen LogP contribution < -0.4 is 5.32 Å². The fourth-order valence-corrected chi connectivity index (χ4v) is 4.54. The Hall–Kier alpha value is -2.52. The molecular formula is C18H19N3O4S2. The topological polar surface area (TPSA) is 102 Å². The van der Waals surface area contributed by atoms with Crippen LogP contribution in [0.3, 0.4) is 0 Å². The average Bonchev–Trinajstić information content (AvgIpc) is 3.23. The van der Waals surface area contributed by atoms with Crippen molar-refractivity contribution in [2.24, 2.45) is 0 Å². The number of sulfone groups is 1. The Balaban J connectivity index is 1.64. The van der Waals surface area contributed by atoms with Crippen molar-refractivity contribution in [1.29, 1.82) is 0 Å². The molecule has 1 N–H and O–H groups in total. The first kappa shape index (κ1) is 19.2. The molecule has 3 aromatic rings. The van der Waals surface area contributed by atoms with Crippen LogP contribution in [0.5, 0.6) is 0 Å². The van der Waals surface area contributed by atoms with Crippen LogP contribution in [0, 0.1) is 6.92 Å². The van der Waals surface area contributed by atoms with Crippen molar-refractivity contribution >= 4 is 32.9 Å². The first-order valence-corrected chi connectivity index (χ1v) is 10.9. The van der Waals surface area contributed by atoms with Crippen LogP contribution in [0.4, 0.5) is 5.82 Å². The summed E-state index contributed by atoms with van der Waals surface area (Å²) in [7, 11) is -3.71. The monoisotopic (exact) mass is 405 g/mol. The quantitative estimate of drug-likeness (QED) is 0.648. The third kappa shape index (κ3) is 5.01. The van der Waals surface area contributed by atoms with E-state index in [1.54, 1.807) is 12.3 Å². The van der Waals surface area contributed by atoms with Crippen molar-refractivity contribution in [3.8, 4) is 0 Å². The van der Waals surface area contributed by atoms with Crippen molar-refractivity contribution < 1.29 is 17.7 Å². The summed E-state index contributed by atoms with van der Waals surface area (Å²) >= 11 is 1.41. The largest absolute Gasteiger partial charge is 0.360 e. The second-order valence-corrected chi connectivity index (χ2v) is 9.42. The van der Waals surface area contributed by atoms with Gasteiger partial charge in [-0.1, -0.05) is 35.5 Å². The third-order valence-electron chi connectivity index (χ3n) is 3.93. The summed E-state index contributed by atoms with van der Waals surface area (Å²) in [6, 6.07) is 11.4. The van der Waals surface area contributed by atoms with E-state index in [0.717, 1.165) is 10.6 Å². The van der Waals surface area contributed by atoms with Gasteiger partial charge in [0.15, 0.2) is 15.7 Å². The number of aromatic nitrogens is 2. The summed E-state index contributed by atoms with van der Waals surface area (Å²) in [6.07, 6.45) is 0.646. The Morgan fingerprint density at radius 2 is 2.04 bits per heavy atom. The molecule has 1 amide bonds. The van der Waals surface area contributed by atoms with E-state index < -0.39 is 21.0 Å². The smallest absolute Gasteiger partial charge is 0.243 e. The predicted molar refractivity (Wildman–Crippen MR) is 103 cm³/mol. The average molecular weight is 406 g/mol. The van der Waals surface area contributed by atoms with Crippen molar-refractivity contribution in [2.45, 2.75) is 31.3 Å². The number of aryl methyl sites for hydroxylation is 1. The summed E-state index contributed by atoms with van der Waals surface area (Å²) in [5.41, 5.74) is 1.56. The van der Waals surface area contributed by atoms with E-state index in [4.69, 9.17) is 4.52 Å². The lowest BCUT2D eigenvalue weighted by Gasteiger charge is -2.11. The Morgan fingerprint density at radius 1 is 1.30 bits per heavy atom. The van der Waals surface area contributed by atoms with Gasteiger partial charge in [0.2, 0.25) is 5.91 Å². The Kier molecular flexibility index (Phi) is 5.71. The summed E-state index contributed by atoms with van der Waals surface area (Å²) in [4.78, 5) is 16.6. The molecule has 27 heavy (non-hydrogen) atoms. The molecule has 0 aliphatic carbocycles. The lowest BCUT2D eigenvalue weighted by Crippen LogP contribution is -2.33. The number of carbonyl (C=O) groups excluding carboxylic acids is 1. The molecule has 0 spiro atoms. The summed E-state index contributed by atoms with van der Waals surface area (Å²) in [6.45, 7) is 3.03. The minimum atomic E-state index is -3.71. The number of hydrogen-bond donors (Lipinski definition) is 1. The molecule has 0 bridgehead atoms. The van der Waals surface area contributed by atoms with E-state index >= 15 is 0 Å². The molecule has 0 saturated carbocycles. The molecule has 1 atom stereocenters. The summed E-state index contributed by atoms with van der Waals surface area (Å²) in [5.74, 6) is -0.222. The second kappa shape index (κ2) is 8.01. The SMILES string of the molecule is Cc1cc(NC(=O)[C@H](C)S(=O)(=O)Cc2csc(Cc3ccccc3)n2)no1. The molecule has 0 aliphatic heterocycles. The maximum absolute atomic E-state index is 12.6. The third-order valence-corrected chi connectivity index (χ3v) is 6.82. The molecule has 0 unspecified atom stereocenters. The van der Waals surface area contributed by atoms with E-state index in [9.17, 15) is 13.2 Å². The van der Waals surface area contributed by atoms with Gasteiger partial charge >= 0.3 is 0 Å². The number of benzene rings is 1. The first-order chi connectivity index (χ1) is 12.8. The fourth-order valence-electron chi connectivity index (χ4n) is 2.41. The van der Waals surface area contributed by atoms with Crippen molar-refractivity contribution in [3.05, 3.63) is 63.8 Å². The van der Waals surface area contributed by atoms with E-state index in [0.29, 0.717) is 17.9 Å². The van der Waals surface area contributed by atoms with Gasteiger partial charge in [-0.25, -0.2) is 13.4 Å². The van der Waals surface area contributed by atoms with Crippen molar-refractivity contribution in [2.75, 3.05) is 5.32 Å². The Bertz CT molecular complexity index is 1030. The summed E-state index contributed by atoms with van der Waals surface area (Å²) in [5, 5.41) is 7.42. The zero-order chi connectivity index (χ0) is 19.4. The molecule has 3 rings (SSSR count). The number of thiazole rings is 1. The standard InChI is InChI=1S/C18H19N3O4S2/c1-12-8-16(21-25-12)20-18(22)13(2)27(23,24)11-15-10-26-17(19-15)9-14-6-4-3-5-7-14/h3-8,10,13H,9,11H2,1-2H3,(H,20,21,22)/t13-/m0/s1. The van der Waals surface area contributed by atoms with Crippen LogP contribution in [-0.4, -0.2) is 29.7 Å². The van der Waals surface area contributed by atoms with Gasteiger partial charge in [0.25, 0.3) is 0 Å². The zero-order valence-corrected chi connectivity index (χ0v) is 16.5. The molecule has 0 fully saturated rings. The number of hydrogen-bond acceptors (Lipinski definition) is 7. The van der Waals surface area contributed by atoms with Gasteiger partial charge in [0, 0.05) is 17.9 Å². The van der Waals surface area contributed by atoms with Crippen LogP contribution >= 0.6 is 11.3 Å². The molecule has 0 radical (unpaired) electrons. The van der Waals surface area contributed by atoms with E-state index in [2.05, 4.69) is 15.5 Å². The lowest BCUT2D eigenvalue weighted by molar-refractivity contribution is -0.115. The highest BCUT2D eigenvalue weighted by atomic mass is 32.2. The van der Waals surface area contributed by atoms with E-state index in [-0.39, 0.29) is 11.6 Å². The minimum absolute atomic E-state index is 0.193. The molecular weight excluding hydrogens is 386 g/mol. The Morgan fingerprint density at radius 3 is 2.70 bits per heavy atom. The van der Waals surface area contributed by atoms with Crippen molar-refractivity contribution in [1.82, 2.24) is 10.1 Å². The van der Waals surface area contributed by atoms with E-state index in [1.807, 2.05) is 30.3 Å². The van der Waals surface area contributed by atoms with Crippen LogP contribution in [0.25, 0.3) is 0 Å².